The molecule has 3 aliphatic heterocycles. The van der Waals surface area contributed by atoms with Crippen LogP contribution >= 0.6 is 0 Å². The second-order valence-corrected chi connectivity index (χ2v) is 9.35. The Morgan fingerprint density at radius 3 is 2.57 bits per heavy atom. The van der Waals surface area contributed by atoms with Gasteiger partial charge in [-0.05, 0) is 66.3 Å². The number of fused-ring (bicyclic) bond motifs is 5. The minimum Gasteiger partial charge on any atom is -0.494 e. The fraction of sp³-hybridized carbons (Fsp3) is 0.379. The first kappa shape index (κ1) is 22.1. The van der Waals surface area contributed by atoms with Gasteiger partial charge in [-0.2, -0.15) is 0 Å². The van der Waals surface area contributed by atoms with Gasteiger partial charge in [-0.1, -0.05) is 24.3 Å². The van der Waals surface area contributed by atoms with Gasteiger partial charge in [0.05, 0.1) is 20.8 Å². The molecule has 3 aromatic carbocycles. The van der Waals surface area contributed by atoms with Gasteiger partial charge in [0.15, 0.2) is 23.0 Å². The molecule has 0 radical (unpaired) electrons. The molecule has 0 spiro atoms. The van der Waals surface area contributed by atoms with Crippen LogP contribution in [0.15, 0.2) is 54.6 Å². The number of ether oxygens (including phenoxy) is 5. The molecule has 0 saturated heterocycles. The van der Waals surface area contributed by atoms with Crippen LogP contribution in [-0.2, 0) is 13.0 Å². The van der Waals surface area contributed by atoms with Gasteiger partial charge in [0.2, 0.25) is 6.79 Å². The fourth-order valence-electron chi connectivity index (χ4n) is 5.95. The molecule has 2 unspecified atom stereocenters. The smallest absolute Gasteiger partial charge is 0.231 e. The van der Waals surface area contributed by atoms with Crippen molar-refractivity contribution < 1.29 is 23.7 Å². The number of rotatable bonds is 7. The summed E-state index contributed by atoms with van der Waals surface area (Å²) in [5.41, 5.74) is 5.30. The highest BCUT2D eigenvalue weighted by molar-refractivity contribution is 5.56. The van der Waals surface area contributed by atoms with E-state index in [1.807, 2.05) is 36.4 Å². The zero-order chi connectivity index (χ0) is 23.8. The molecule has 6 rings (SSSR count). The molecule has 0 bridgehead atoms. The molecule has 0 amide bonds. The van der Waals surface area contributed by atoms with Gasteiger partial charge in [-0.15, -0.1) is 0 Å². The third-order valence-electron chi connectivity index (χ3n) is 7.51. The van der Waals surface area contributed by atoms with E-state index in [9.17, 15) is 0 Å². The number of hydrogen-bond donors (Lipinski definition) is 0. The van der Waals surface area contributed by atoms with Gasteiger partial charge in [0.1, 0.15) is 5.75 Å². The summed E-state index contributed by atoms with van der Waals surface area (Å²) in [6, 6.07) is 19.0. The van der Waals surface area contributed by atoms with Crippen molar-refractivity contribution in [3.63, 3.8) is 0 Å². The van der Waals surface area contributed by atoms with Crippen molar-refractivity contribution in [2.24, 2.45) is 0 Å². The van der Waals surface area contributed by atoms with E-state index >= 15 is 0 Å². The van der Waals surface area contributed by atoms with Crippen molar-refractivity contribution in [3.05, 3.63) is 76.9 Å². The van der Waals surface area contributed by atoms with Crippen LogP contribution in [0.1, 0.15) is 47.1 Å². The SMILES string of the molecule is COc1ccc2c(c1OC)CN1CCc3cc4c(cc3C1C2CCCOc1ccccc1)OCO4. The van der Waals surface area contributed by atoms with E-state index in [0.717, 1.165) is 61.1 Å². The molecule has 0 aromatic heterocycles. The van der Waals surface area contributed by atoms with E-state index in [0.29, 0.717) is 19.3 Å². The van der Waals surface area contributed by atoms with E-state index < -0.39 is 0 Å². The maximum Gasteiger partial charge on any atom is 0.231 e. The van der Waals surface area contributed by atoms with Gasteiger partial charge >= 0.3 is 0 Å². The normalized spacial score (nSPS) is 19.9. The van der Waals surface area contributed by atoms with Crippen molar-refractivity contribution in [1.82, 2.24) is 4.90 Å². The molecular weight excluding hydrogens is 442 g/mol. The monoisotopic (exact) mass is 473 g/mol. The molecule has 0 fully saturated rings. The summed E-state index contributed by atoms with van der Waals surface area (Å²) < 4.78 is 29.0. The fourth-order valence-corrected chi connectivity index (χ4v) is 5.95. The Hall–Kier alpha value is -3.38. The van der Waals surface area contributed by atoms with Crippen molar-refractivity contribution >= 4 is 0 Å². The molecular formula is C29H31NO5. The van der Waals surface area contributed by atoms with E-state index in [4.69, 9.17) is 23.7 Å². The van der Waals surface area contributed by atoms with Crippen molar-refractivity contribution in [2.75, 3.05) is 34.2 Å². The lowest BCUT2D eigenvalue weighted by Crippen LogP contribution is -2.42. The lowest BCUT2D eigenvalue weighted by atomic mass is 9.74. The summed E-state index contributed by atoms with van der Waals surface area (Å²) in [6.07, 6.45) is 2.95. The second kappa shape index (κ2) is 9.34. The van der Waals surface area contributed by atoms with E-state index in [-0.39, 0.29) is 6.04 Å². The van der Waals surface area contributed by atoms with E-state index in [1.54, 1.807) is 14.2 Å². The van der Waals surface area contributed by atoms with Crippen molar-refractivity contribution in [2.45, 2.75) is 37.8 Å². The summed E-state index contributed by atoms with van der Waals surface area (Å²) in [4.78, 5) is 2.59. The Labute approximate surface area is 206 Å². The molecule has 3 aromatic rings. The number of para-hydroxylation sites is 1. The van der Waals surface area contributed by atoms with Crippen LogP contribution in [0.4, 0.5) is 0 Å². The largest absolute Gasteiger partial charge is 0.494 e. The van der Waals surface area contributed by atoms with Crippen LogP contribution in [0.25, 0.3) is 0 Å². The topological polar surface area (TPSA) is 49.4 Å². The zero-order valence-electron chi connectivity index (χ0n) is 20.3. The van der Waals surface area contributed by atoms with Crippen LogP contribution in [0.2, 0.25) is 0 Å². The first-order chi connectivity index (χ1) is 17.3. The van der Waals surface area contributed by atoms with Gasteiger partial charge in [0, 0.05) is 30.6 Å². The molecule has 6 nitrogen and oxygen atoms in total. The predicted octanol–water partition coefficient (Wildman–Crippen LogP) is 5.49. The molecule has 2 atom stereocenters. The Kier molecular flexibility index (Phi) is 5.90. The Morgan fingerprint density at radius 1 is 0.943 bits per heavy atom. The average Bonchev–Trinajstić information content (AvgIpc) is 3.36. The van der Waals surface area contributed by atoms with Gasteiger partial charge < -0.3 is 23.7 Å². The van der Waals surface area contributed by atoms with Crippen LogP contribution < -0.4 is 23.7 Å². The molecule has 0 N–H and O–H groups in total. The van der Waals surface area contributed by atoms with Gasteiger partial charge in [-0.3, -0.25) is 4.90 Å². The Bertz CT molecular complexity index is 1210. The third-order valence-corrected chi connectivity index (χ3v) is 7.51. The second-order valence-electron chi connectivity index (χ2n) is 9.35. The predicted molar refractivity (Wildman–Crippen MR) is 133 cm³/mol. The highest BCUT2D eigenvalue weighted by Crippen LogP contribution is 2.53. The summed E-state index contributed by atoms with van der Waals surface area (Å²) in [7, 11) is 3.44. The quantitative estimate of drug-likeness (QED) is 0.423. The summed E-state index contributed by atoms with van der Waals surface area (Å²) in [5, 5.41) is 0. The van der Waals surface area contributed by atoms with E-state index in [2.05, 4.69) is 23.1 Å². The lowest BCUT2D eigenvalue weighted by Gasteiger charge is -2.46. The maximum absolute atomic E-state index is 6.04. The highest BCUT2D eigenvalue weighted by atomic mass is 16.7. The van der Waals surface area contributed by atoms with Gasteiger partial charge in [-0.25, -0.2) is 0 Å². The standard InChI is InChI=1S/C29H31NO5/c1-31-25-11-10-21-22(9-6-14-33-20-7-4-3-5-8-20)28-23-16-27-26(34-18-35-27)15-19(23)12-13-30(28)17-24(21)29(25)32-2/h3-5,7-8,10-11,15-16,22,28H,6,9,12-14,17-18H2,1-2H3. The summed E-state index contributed by atoms with van der Waals surface area (Å²) >= 11 is 0. The van der Waals surface area contributed by atoms with Crippen LogP contribution in [0, 0.1) is 0 Å². The molecule has 0 saturated carbocycles. The number of benzene rings is 3. The first-order valence-electron chi connectivity index (χ1n) is 12.3. The zero-order valence-corrected chi connectivity index (χ0v) is 20.3. The minimum absolute atomic E-state index is 0.274. The molecule has 3 aliphatic rings. The number of nitrogens with zero attached hydrogens (tertiary/aromatic N) is 1. The van der Waals surface area contributed by atoms with Gasteiger partial charge in [0.25, 0.3) is 0 Å². The molecule has 0 aliphatic carbocycles. The number of hydrogen-bond acceptors (Lipinski definition) is 6. The third kappa shape index (κ3) is 3.96. The van der Waals surface area contributed by atoms with Crippen LogP contribution in [0.5, 0.6) is 28.7 Å². The molecule has 35 heavy (non-hydrogen) atoms. The average molecular weight is 474 g/mol. The van der Waals surface area contributed by atoms with E-state index in [1.165, 1.54) is 22.3 Å². The number of methoxy groups -OCH3 is 2. The van der Waals surface area contributed by atoms with Crippen LogP contribution in [-0.4, -0.2) is 39.1 Å². The Balaban J connectivity index is 1.35. The lowest BCUT2D eigenvalue weighted by molar-refractivity contribution is 0.124. The minimum atomic E-state index is 0.274. The molecule has 6 heteroatoms. The Morgan fingerprint density at radius 2 is 1.77 bits per heavy atom. The van der Waals surface area contributed by atoms with Crippen LogP contribution in [0.3, 0.4) is 0 Å². The summed E-state index contributed by atoms with van der Waals surface area (Å²) in [5.74, 6) is 4.59. The first-order valence-corrected chi connectivity index (χ1v) is 12.3. The summed E-state index contributed by atoms with van der Waals surface area (Å²) in [6.45, 7) is 2.82. The van der Waals surface area contributed by atoms with Crippen molar-refractivity contribution in [3.8, 4) is 28.7 Å². The van der Waals surface area contributed by atoms with Crippen molar-refractivity contribution in [1.29, 1.82) is 0 Å². The molecule has 182 valence electrons. The molecule has 3 heterocycles. The maximum atomic E-state index is 6.04. The highest BCUT2D eigenvalue weighted by Gasteiger charge is 2.41.